The van der Waals surface area contributed by atoms with E-state index in [1.165, 1.54) is 5.56 Å². The Morgan fingerprint density at radius 3 is 1.77 bits per heavy atom. The molecule has 1 N–H and O–H groups in total. The molecular formula is C36H33N3O. The molecule has 0 aliphatic heterocycles. The summed E-state index contributed by atoms with van der Waals surface area (Å²) in [5.41, 5.74) is 7.66. The SMILES string of the molecule is CC(C)(c1ccccc1)c1cc(-n2nc3cccc(-c4ccccc4)c3n2)c(O)c(C(C)(C)c2ccccc2)c1. The Morgan fingerprint density at radius 1 is 0.575 bits per heavy atom. The van der Waals surface area contributed by atoms with Gasteiger partial charge in [0.05, 0.1) is 0 Å². The predicted octanol–water partition coefficient (Wildman–Crippen LogP) is 8.44. The van der Waals surface area contributed by atoms with Gasteiger partial charge in [0.15, 0.2) is 0 Å². The van der Waals surface area contributed by atoms with Crippen LogP contribution >= 0.6 is 0 Å². The fourth-order valence-corrected chi connectivity index (χ4v) is 5.54. The minimum Gasteiger partial charge on any atom is -0.505 e. The first kappa shape index (κ1) is 25.6. The normalized spacial score (nSPS) is 12.1. The van der Waals surface area contributed by atoms with Gasteiger partial charge in [-0.1, -0.05) is 137 Å². The van der Waals surface area contributed by atoms with Crippen molar-refractivity contribution in [1.29, 1.82) is 0 Å². The standard InChI is InChI=1S/C36H33N3O/c1-35(2,26-17-10-6-11-18-26)28-23-30(36(3,4)27-19-12-7-13-20-27)34(40)32(24-28)39-37-31-22-14-21-29(33(31)38-39)25-15-8-5-9-16-25/h5-24,40H,1-4H3. The number of rotatable bonds is 6. The molecule has 4 nitrogen and oxygen atoms in total. The summed E-state index contributed by atoms with van der Waals surface area (Å²) in [4.78, 5) is 1.60. The second kappa shape index (κ2) is 9.80. The third-order valence-electron chi connectivity index (χ3n) is 8.19. The van der Waals surface area contributed by atoms with E-state index in [1.54, 1.807) is 4.80 Å². The molecule has 1 aromatic heterocycles. The summed E-state index contributed by atoms with van der Waals surface area (Å²) in [6, 6.07) is 41.2. The van der Waals surface area contributed by atoms with Crippen LogP contribution in [-0.2, 0) is 10.8 Å². The van der Waals surface area contributed by atoms with Gasteiger partial charge in [-0.2, -0.15) is 0 Å². The lowest BCUT2D eigenvalue weighted by Gasteiger charge is -2.32. The molecule has 0 amide bonds. The highest BCUT2D eigenvalue weighted by Gasteiger charge is 2.32. The third kappa shape index (κ3) is 4.36. The zero-order valence-electron chi connectivity index (χ0n) is 23.3. The van der Waals surface area contributed by atoms with Gasteiger partial charge in [0.2, 0.25) is 0 Å². The monoisotopic (exact) mass is 523 g/mol. The van der Waals surface area contributed by atoms with Crippen LogP contribution in [0, 0.1) is 0 Å². The van der Waals surface area contributed by atoms with E-state index in [-0.39, 0.29) is 11.2 Å². The maximum atomic E-state index is 11.9. The highest BCUT2D eigenvalue weighted by molar-refractivity contribution is 5.91. The van der Waals surface area contributed by atoms with E-state index < -0.39 is 5.41 Å². The fraction of sp³-hybridized carbons (Fsp3) is 0.167. The van der Waals surface area contributed by atoms with E-state index in [0.717, 1.165) is 38.9 Å². The van der Waals surface area contributed by atoms with Crippen LogP contribution in [0.2, 0.25) is 0 Å². The molecule has 0 radical (unpaired) electrons. The Hall–Kier alpha value is -4.70. The van der Waals surface area contributed by atoms with Crippen LogP contribution < -0.4 is 0 Å². The van der Waals surface area contributed by atoms with Gasteiger partial charge >= 0.3 is 0 Å². The molecule has 6 aromatic rings. The maximum Gasteiger partial charge on any atom is 0.147 e. The number of nitrogens with zero attached hydrogens (tertiary/aromatic N) is 3. The summed E-state index contributed by atoms with van der Waals surface area (Å²) in [7, 11) is 0. The van der Waals surface area contributed by atoms with E-state index in [4.69, 9.17) is 10.2 Å². The lowest BCUT2D eigenvalue weighted by Crippen LogP contribution is -2.24. The Balaban J connectivity index is 1.60. The molecule has 0 aliphatic rings. The van der Waals surface area contributed by atoms with Crippen molar-refractivity contribution >= 4 is 11.0 Å². The van der Waals surface area contributed by atoms with Crippen molar-refractivity contribution in [3.05, 3.63) is 144 Å². The van der Waals surface area contributed by atoms with Crippen LogP contribution in [0.1, 0.15) is 49.9 Å². The highest BCUT2D eigenvalue weighted by Crippen LogP contribution is 2.44. The number of benzene rings is 5. The Kier molecular flexibility index (Phi) is 6.26. The van der Waals surface area contributed by atoms with Gasteiger partial charge in [0, 0.05) is 22.0 Å². The molecule has 0 bridgehead atoms. The van der Waals surface area contributed by atoms with Crippen LogP contribution in [0.4, 0.5) is 0 Å². The number of fused-ring (bicyclic) bond motifs is 1. The average Bonchev–Trinajstić information content (AvgIpc) is 3.43. The zero-order valence-corrected chi connectivity index (χ0v) is 23.3. The van der Waals surface area contributed by atoms with Gasteiger partial charge in [0.1, 0.15) is 22.5 Å². The second-order valence-electron chi connectivity index (χ2n) is 11.4. The summed E-state index contributed by atoms with van der Waals surface area (Å²) < 4.78 is 0. The molecule has 0 saturated carbocycles. The van der Waals surface area contributed by atoms with Crippen molar-refractivity contribution in [1.82, 2.24) is 15.0 Å². The summed E-state index contributed by atoms with van der Waals surface area (Å²) in [5, 5.41) is 21.7. The molecule has 0 spiro atoms. The molecule has 0 aliphatic carbocycles. The largest absolute Gasteiger partial charge is 0.505 e. The summed E-state index contributed by atoms with van der Waals surface area (Å²) in [5.74, 6) is 0.183. The molecule has 0 fully saturated rings. The Labute approximate surface area is 235 Å². The van der Waals surface area contributed by atoms with Crippen molar-refractivity contribution in [3.8, 4) is 22.6 Å². The van der Waals surface area contributed by atoms with Crippen LogP contribution in [0.25, 0.3) is 27.8 Å². The molecule has 5 aromatic carbocycles. The number of aromatic nitrogens is 3. The lowest BCUT2D eigenvalue weighted by molar-refractivity contribution is 0.445. The summed E-state index contributed by atoms with van der Waals surface area (Å²) >= 11 is 0. The van der Waals surface area contributed by atoms with Crippen LogP contribution in [0.15, 0.2) is 121 Å². The number of phenolic OH excluding ortho intramolecular Hbond substituents is 1. The number of hydrogen-bond acceptors (Lipinski definition) is 3. The summed E-state index contributed by atoms with van der Waals surface area (Å²) in [6.45, 7) is 8.75. The Bertz CT molecular complexity index is 1790. The molecular weight excluding hydrogens is 490 g/mol. The zero-order chi connectivity index (χ0) is 27.9. The van der Waals surface area contributed by atoms with E-state index in [1.807, 2.05) is 60.7 Å². The number of hydrogen-bond donors (Lipinski definition) is 1. The van der Waals surface area contributed by atoms with E-state index >= 15 is 0 Å². The number of aromatic hydroxyl groups is 1. The van der Waals surface area contributed by atoms with Crippen LogP contribution in [0.3, 0.4) is 0 Å². The molecule has 4 heteroatoms. The smallest absolute Gasteiger partial charge is 0.147 e. The predicted molar refractivity (Wildman–Crippen MR) is 163 cm³/mol. The fourth-order valence-electron chi connectivity index (χ4n) is 5.54. The van der Waals surface area contributed by atoms with Crippen molar-refractivity contribution in [2.75, 3.05) is 0 Å². The van der Waals surface area contributed by atoms with Gasteiger partial charge in [-0.15, -0.1) is 15.0 Å². The minimum atomic E-state index is -0.468. The van der Waals surface area contributed by atoms with Gasteiger partial charge in [-0.25, -0.2) is 0 Å². The maximum absolute atomic E-state index is 11.9. The van der Waals surface area contributed by atoms with Crippen molar-refractivity contribution in [2.45, 2.75) is 38.5 Å². The van der Waals surface area contributed by atoms with E-state index in [2.05, 4.69) is 88.4 Å². The van der Waals surface area contributed by atoms with Gasteiger partial charge in [-0.3, -0.25) is 0 Å². The average molecular weight is 524 g/mol. The van der Waals surface area contributed by atoms with Crippen molar-refractivity contribution in [2.24, 2.45) is 0 Å². The highest BCUT2D eigenvalue weighted by atomic mass is 16.3. The quantitative estimate of drug-likeness (QED) is 0.238. The second-order valence-corrected chi connectivity index (χ2v) is 11.4. The molecule has 198 valence electrons. The number of phenols is 1. The van der Waals surface area contributed by atoms with Gasteiger partial charge in [-0.05, 0) is 34.4 Å². The molecule has 0 unspecified atom stereocenters. The summed E-state index contributed by atoms with van der Waals surface area (Å²) in [6.07, 6.45) is 0. The molecule has 0 atom stereocenters. The van der Waals surface area contributed by atoms with Crippen LogP contribution in [-0.4, -0.2) is 20.1 Å². The first-order valence-corrected chi connectivity index (χ1v) is 13.7. The van der Waals surface area contributed by atoms with E-state index in [9.17, 15) is 5.11 Å². The van der Waals surface area contributed by atoms with Crippen molar-refractivity contribution in [3.63, 3.8) is 0 Å². The third-order valence-corrected chi connectivity index (χ3v) is 8.19. The van der Waals surface area contributed by atoms with Crippen molar-refractivity contribution < 1.29 is 5.11 Å². The first-order chi connectivity index (χ1) is 19.3. The Morgan fingerprint density at radius 2 is 1.15 bits per heavy atom. The van der Waals surface area contributed by atoms with Gasteiger partial charge < -0.3 is 5.11 Å². The minimum absolute atomic E-state index is 0.183. The topological polar surface area (TPSA) is 50.9 Å². The van der Waals surface area contributed by atoms with Crippen LogP contribution in [0.5, 0.6) is 5.75 Å². The lowest BCUT2D eigenvalue weighted by atomic mass is 9.72. The molecule has 40 heavy (non-hydrogen) atoms. The molecule has 6 rings (SSSR count). The van der Waals surface area contributed by atoms with E-state index in [0.29, 0.717) is 5.69 Å². The van der Waals surface area contributed by atoms with Gasteiger partial charge in [0.25, 0.3) is 0 Å². The first-order valence-electron chi connectivity index (χ1n) is 13.7. The molecule has 1 heterocycles. The molecule has 0 saturated heterocycles.